The maximum atomic E-state index is 13.0. The van der Waals surface area contributed by atoms with Crippen LogP contribution >= 0.6 is 0 Å². The number of Topliss-reactive ketones (excluding diaryl/α,β-unsaturated/α-hetero) is 1. The van der Waals surface area contributed by atoms with Crippen molar-refractivity contribution in [1.82, 2.24) is 4.90 Å². The van der Waals surface area contributed by atoms with Gasteiger partial charge in [0, 0.05) is 11.6 Å². The molecule has 2 aromatic rings. The highest BCUT2D eigenvalue weighted by atomic mass is 16.5. The fourth-order valence-corrected chi connectivity index (χ4v) is 4.41. The molecule has 6 heteroatoms. The van der Waals surface area contributed by atoms with Crippen LogP contribution in [-0.2, 0) is 14.3 Å². The Balaban J connectivity index is 1.84. The number of carbonyl (C=O) groups is 3. The Labute approximate surface area is 174 Å². The lowest BCUT2D eigenvalue weighted by atomic mass is 9.94. The van der Waals surface area contributed by atoms with E-state index in [-0.39, 0.29) is 17.4 Å². The van der Waals surface area contributed by atoms with Crippen LogP contribution in [0.1, 0.15) is 53.2 Å². The van der Waals surface area contributed by atoms with Gasteiger partial charge in [0.05, 0.1) is 24.3 Å². The highest BCUT2D eigenvalue weighted by Gasteiger charge is 2.49. The van der Waals surface area contributed by atoms with Crippen molar-refractivity contribution in [3.05, 3.63) is 76.9 Å². The number of amides is 1. The van der Waals surface area contributed by atoms with Crippen LogP contribution in [0.2, 0.25) is 0 Å². The minimum absolute atomic E-state index is 0.0483. The number of methoxy groups -OCH3 is 1. The number of rotatable bonds is 4. The Morgan fingerprint density at radius 3 is 2.20 bits per heavy atom. The summed E-state index contributed by atoms with van der Waals surface area (Å²) in [5.41, 5.74) is 1.62. The molecule has 2 aromatic carbocycles. The van der Waals surface area contributed by atoms with Crippen LogP contribution < -0.4 is 0 Å². The van der Waals surface area contributed by atoms with Crippen molar-refractivity contribution < 1.29 is 24.2 Å². The van der Waals surface area contributed by atoms with E-state index in [1.165, 1.54) is 7.11 Å². The first-order valence-corrected chi connectivity index (χ1v) is 10.1. The number of ether oxygens (including phenoxy) is 1. The normalized spacial score (nSPS) is 21.2. The smallest absolute Gasteiger partial charge is 0.337 e. The van der Waals surface area contributed by atoms with Crippen LogP contribution in [0.3, 0.4) is 0 Å². The quantitative estimate of drug-likeness (QED) is 0.362. The van der Waals surface area contributed by atoms with E-state index < -0.39 is 23.7 Å². The van der Waals surface area contributed by atoms with Crippen molar-refractivity contribution in [2.45, 2.75) is 37.8 Å². The predicted molar refractivity (Wildman–Crippen MR) is 111 cm³/mol. The number of hydrogen-bond acceptors (Lipinski definition) is 5. The van der Waals surface area contributed by atoms with E-state index in [9.17, 15) is 19.5 Å². The second-order valence-corrected chi connectivity index (χ2v) is 7.62. The van der Waals surface area contributed by atoms with Gasteiger partial charge in [0.15, 0.2) is 0 Å². The lowest BCUT2D eigenvalue weighted by Crippen LogP contribution is -2.37. The van der Waals surface area contributed by atoms with E-state index >= 15 is 0 Å². The van der Waals surface area contributed by atoms with Gasteiger partial charge < -0.3 is 14.7 Å². The van der Waals surface area contributed by atoms with E-state index in [1.54, 1.807) is 53.4 Å². The van der Waals surface area contributed by atoms with Gasteiger partial charge >= 0.3 is 5.97 Å². The molecule has 1 aliphatic carbocycles. The third-order valence-corrected chi connectivity index (χ3v) is 5.89. The van der Waals surface area contributed by atoms with Gasteiger partial charge in [-0.25, -0.2) is 4.79 Å². The van der Waals surface area contributed by atoms with E-state index in [4.69, 9.17) is 4.74 Å². The van der Waals surface area contributed by atoms with Crippen LogP contribution in [0, 0.1) is 0 Å². The summed E-state index contributed by atoms with van der Waals surface area (Å²) < 4.78 is 4.75. The summed E-state index contributed by atoms with van der Waals surface area (Å²) in [4.78, 5) is 39.4. The zero-order valence-electron chi connectivity index (χ0n) is 16.7. The molecule has 2 fully saturated rings. The van der Waals surface area contributed by atoms with Crippen LogP contribution in [0.5, 0.6) is 0 Å². The van der Waals surface area contributed by atoms with E-state index in [0.717, 1.165) is 25.7 Å². The van der Waals surface area contributed by atoms with Crippen molar-refractivity contribution in [2.24, 2.45) is 0 Å². The molecule has 30 heavy (non-hydrogen) atoms. The molecule has 1 saturated heterocycles. The minimum Gasteiger partial charge on any atom is -0.507 e. The number of esters is 1. The first kappa shape index (κ1) is 19.9. The summed E-state index contributed by atoms with van der Waals surface area (Å²) in [5.74, 6) is -1.90. The fourth-order valence-electron chi connectivity index (χ4n) is 4.41. The average molecular weight is 405 g/mol. The first-order chi connectivity index (χ1) is 14.5. The molecule has 154 valence electrons. The number of aliphatic hydroxyl groups excluding tert-OH is 1. The van der Waals surface area contributed by atoms with Crippen molar-refractivity contribution in [3.63, 3.8) is 0 Å². The molecule has 1 aliphatic heterocycles. The van der Waals surface area contributed by atoms with E-state index in [0.29, 0.717) is 16.7 Å². The molecule has 0 aromatic heterocycles. The number of aliphatic hydroxyl groups is 1. The maximum absolute atomic E-state index is 13.0. The summed E-state index contributed by atoms with van der Waals surface area (Å²) >= 11 is 0. The molecule has 2 aliphatic rings. The van der Waals surface area contributed by atoms with Gasteiger partial charge in [0.2, 0.25) is 0 Å². The third-order valence-electron chi connectivity index (χ3n) is 5.89. The molecular weight excluding hydrogens is 382 g/mol. The van der Waals surface area contributed by atoms with Crippen LogP contribution in [0.15, 0.2) is 60.2 Å². The fraction of sp³-hybridized carbons (Fsp3) is 0.292. The minimum atomic E-state index is -0.694. The third kappa shape index (κ3) is 3.38. The second-order valence-electron chi connectivity index (χ2n) is 7.62. The van der Waals surface area contributed by atoms with Gasteiger partial charge in [-0.05, 0) is 30.5 Å². The number of benzene rings is 2. The molecule has 0 radical (unpaired) electrons. The Morgan fingerprint density at radius 1 is 0.967 bits per heavy atom. The van der Waals surface area contributed by atoms with Crippen LogP contribution in [-0.4, -0.2) is 40.8 Å². The number of carbonyl (C=O) groups excluding carboxylic acids is 3. The standard InChI is InChI=1S/C24H23NO5/c1-30-24(29)17-13-11-15(12-14-17)20-19(21(26)16-7-3-2-4-8-16)22(27)23(28)25(20)18-9-5-6-10-18/h2-4,7-8,11-14,18,20,26H,5-6,9-10H2,1H3. The van der Waals surface area contributed by atoms with Gasteiger partial charge in [-0.15, -0.1) is 0 Å². The zero-order chi connectivity index (χ0) is 21.3. The molecule has 0 bridgehead atoms. The Bertz CT molecular complexity index is 1000. The largest absolute Gasteiger partial charge is 0.507 e. The Morgan fingerprint density at radius 2 is 1.60 bits per heavy atom. The molecule has 6 nitrogen and oxygen atoms in total. The lowest BCUT2D eigenvalue weighted by molar-refractivity contribution is -0.141. The highest BCUT2D eigenvalue weighted by molar-refractivity contribution is 6.46. The average Bonchev–Trinajstić information content (AvgIpc) is 3.40. The highest BCUT2D eigenvalue weighted by Crippen LogP contribution is 2.43. The summed E-state index contributed by atoms with van der Waals surface area (Å²) in [5, 5.41) is 11.0. The summed E-state index contributed by atoms with van der Waals surface area (Å²) in [7, 11) is 1.31. The van der Waals surface area contributed by atoms with Crippen molar-refractivity contribution in [2.75, 3.05) is 7.11 Å². The maximum Gasteiger partial charge on any atom is 0.337 e. The molecule has 1 N–H and O–H groups in total. The Hall–Kier alpha value is -3.41. The number of ketones is 1. The van der Waals surface area contributed by atoms with Gasteiger partial charge in [-0.3, -0.25) is 9.59 Å². The zero-order valence-corrected chi connectivity index (χ0v) is 16.7. The molecule has 1 atom stereocenters. The topological polar surface area (TPSA) is 83.9 Å². The summed E-state index contributed by atoms with van der Waals surface area (Å²) in [6, 6.07) is 14.7. The number of hydrogen-bond donors (Lipinski definition) is 1. The summed E-state index contributed by atoms with van der Waals surface area (Å²) in [6.07, 6.45) is 3.66. The molecule has 1 amide bonds. The van der Waals surface area contributed by atoms with Crippen LogP contribution in [0.25, 0.3) is 5.76 Å². The van der Waals surface area contributed by atoms with Crippen molar-refractivity contribution in [3.8, 4) is 0 Å². The number of nitrogens with zero attached hydrogens (tertiary/aromatic N) is 1. The molecule has 0 spiro atoms. The molecular formula is C24H23NO5. The molecule has 4 rings (SSSR count). The predicted octanol–water partition coefficient (Wildman–Crippen LogP) is 3.84. The van der Waals surface area contributed by atoms with Crippen LogP contribution in [0.4, 0.5) is 0 Å². The first-order valence-electron chi connectivity index (χ1n) is 10.1. The Kier molecular flexibility index (Phi) is 5.40. The van der Waals surface area contributed by atoms with Crippen molar-refractivity contribution >= 4 is 23.4 Å². The monoisotopic (exact) mass is 405 g/mol. The van der Waals surface area contributed by atoms with E-state index in [1.807, 2.05) is 6.07 Å². The second kappa shape index (κ2) is 8.14. The van der Waals surface area contributed by atoms with E-state index in [2.05, 4.69) is 0 Å². The van der Waals surface area contributed by atoms with Gasteiger partial charge in [0.1, 0.15) is 5.76 Å². The van der Waals surface area contributed by atoms with Crippen molar-refractivity contribution in [1.29, 1.82) is 0 Å². The van der Waals surface area contributed by atoms with Gasteiger partial charge in [-0.1, -0.05) is 55.3 Å². The number of likely N-dealkylation sites (tertiary alicyclic amines) is 1. The molecule has 1 unspecified atom stereocenters. The molecule has 1 heterocycles. The lowest BCUT2D eigenvalue weighted by Gasteiger charge is -2.30. The van der Waals surface area contributed by atoms with Gasteiger partial charge in [0.25, 0.3) is 11.7 Å². The van der Waals surface area contributed by atoms with Gasteiger partial charge in [-0.2, -0.15) is 0 Å². The molecule has 1 saturated carbocycles. The summed E-state index contributed by atoms with van der Waals surface area (Å²) in [6.45, 7) is 0. The SMILES string of the molecule is COC(=O)c1ccc(C2C(=C(O)c3ccccc3)C(=O)C(=O)N2C2CCCC2)cc1.